The molecule has 0 aliphatic carbocycles. The summed E-state index contributed by atoms with van der Waals surface area (Å²) in [6.07, 6.45) is -0.742. The Kier molecular flexibility index (Phi) is 6.38. The highest BCUT2D eigenvalue weighted by atomic mass is 32.2. The van der Waals surface area contributed by atoms with Gasteiger partial charge in [0.1, 0.15) is 22.5 Å². The molecule has 0 radical (unpaired) electrons. The molecule has 8 nitrogen and oxygen atoms in total. The molecule has 1 aromatic carbocycles. The van der Waals surface area contributed by atoms with E-state index < -0.39 is 53.1 Å². The molecule has 2 aromatic rings. The lowest BCUT2D eigenvalue weighted by atomic mass is 10.2. The molecule has 1 aliphatic rings. The quantitative estimate of drug-likeness (QED) is 0.692. The zero-order chi connectivity index (χ0) is 22.8. The number of sulfone groups is 1. The molecule has 1 fully saturated rings. The number of benzene rings is 1. The lowest BCUT2D eigenvalue weighted by Gasteiger charge is -2.19. The molecule has 12 heteroatoms. The molecule has 164 valence electrons. The van der Waals surface area contributed by atoms with Crippen LogP contribution in [0.5, 0.6) is 0 Å². The van der Waals surface area contributed by atoms with Crippen LogP contribution in [0.1, 0.15) is 27.5 Å². The monoisotopic (exact) mass is 468 g/mol. The molecule has 31 heavy (non-hydrogen) atoms. The third kappa shape index (κ3) is 5.42. The average Bonchev–Trinajstić information content (AvgIpc) is 3.29. The van der Waals surface area contributed by atoms with Gasteiger partial charge in [0.05, 0.1) is 24.1 Å². The van der Waals surface area contributed by atoms with Crippen molar-refractivity contribution >= 4 is 33.0 Å². The lowest BCUT2D eigenvalue weighted by molar-refractivity contribution is -0.131. The normalized spacial score (nSPS) is 17.9. The minimum atomic E-state index is -3.65. The van der Waals surface area contributed by atoms with E-state index in [2.05, 4.69) is 10.3 Å². The van der Waals surface area contributed by atoms with Crippen molar-refractivity contribution < 1.29 is 26.8 Å². The SMILES string of the molecule is Cc1ccc(S(=O)(=O)Cc2nc(C(=O)NCC(=O)N3CC(F)(F)C[C@H]3C#N)cs2)cc1. The maximum absolute atomic E-state index is 13.4. The lowest BCUT2D eigenvalue weighted by Crippen LogP contribution is -2.43. The van der Waals surface area contributed by atoms with Crippen LogP contribution in [0.3, 0.4) is 0 Å². The molecule has 0 unspecified atom stereocenters. The summed E-state index contributed by atoms with van der Waals surface area (Å²) in [4.78, 5) is 29.2. The molecule has 0 spiro atoms. The summed E-state index contributed by atoms with van der Waals surface area (Å²) in [5, 5.41) is 12.8. The number of hydrogen-bond donors (Lipinski definition) is 1. The second kappa shape index (κ2) is 8.68. The van der Waals surface area contributed by atoms with Crippen LogP contribution in [-0.4, -0.2) is 55.2 Å². The van der Waals surface area contributed by atoms with Gasteiger partial charge in [-0.15, -0.1) is 11.3 Å². The van der Waals surface area contributed by atoms with Gasteiger partial charge in [-0.1, -0.05) is 17.7 Å². The summed E-state index contributed by atoms with van der Waals surface area (Å²) in [7, 11) is -3.65. The first kappa shape index (κ1) is 22.8. The van der Waals surface area contributed by atoms with Gasteiger partial charge in [-0.2, -0.15) is 5.26 Å². The van der Waals surface area contributed by atoms with E-state index in [1.165, 1.54) is 17.5 Å². The number of aromatic nitrogens is 1. The zero-order valence-electron chi connectivity index (χ0n) is 16.3. The maximum atomic E-state index is 13.4. The molecule has 1 aromatic heterocycles. The highest BCUT2D eigenvalue weighted by Crippen LogP contribution is 2.31. The summed E-state index contributed by atoms with van der Waals surface area (Å²) in [5.74, 6) is -5.09. The molecule has 2 amide bonds. The minimum Gasteiger partial charge on any atom is -0.342 e. The largest absolute Gasteiger partial charge is 0.342 e. The molecule has 1 aliphatic heterocycles. The first-order chi connectivity index (χ1) is 14.5. The van der Waals surface area contributed by atoms with Crippen LogP contribution in [-0.2, 0) is 20.4 Å². The Balaban J connectivity index is 1.60. The fourth-order valence-electron chi connectivity index (χ4n) is 3.02. The fraction of sp³-hybridized carbons (Fsp3) is 0.368. The predicted molar refractivity (Wildman–Crippen MR) is 107 cm³/mol. The van der Waals surface area contributed by atoms with Crippen molar-refractivity contribution in [3.05, 3.63) is 45.9 Å². The van der Waals surface area contributed by atoms with Crippen molar-refractivity contribution in [2.75, 3.05) is 13.1 Å². The number of amides is 2. The number of nitriles is 1. The molecular formula is C19H18F2N4O4S2. The van der Waals surface area contributed by atoms with E-state index in [1.54, 1.807) is 18.2 Å². The van der Waals surface area contributed by atoms with Crippen molar-refractivity contribution in [3.63, 3.8) is 0 Å². The van der Waals surface area contributed by atoms with E-state index in [0.29, 0.717) is 0 Å². The van der Waals surface area contributed by atoms with Crippen molar-refractivity contribution in [1.29, 1.82) is 5.26 Å². The highest BCUT2D eigenvalue weighted by Gasteiger charge is 2.47. The molecule has 0 bridgehead atoms. The van der Waals surface area contributed by atoms with Gasteiger partial charge in [0, 0.05) is 11.8 Å². The van der Waals surface area contributed by atoms with Crippen LogP contribution in [0, 0.1) is 18.3 Å². The highest BCUT2D eigenvalue weighted by molar-refractivity contribution is 7.90. The van der Waals surface area contributed by atoms with E-state index in [0.717, 1.165) is 21.8 Å². The van der Waals surface area contributed by atoms with E-state index in [4.69, 9.17) is 5.26 Å². The second-order valence-electron chi connectivity index (χ2n) is 7.11. The number of hydrogen-bond acceptors (Lipinski definition) is 7. The molecule has 3 rings (SSSR count). The van der Waals surface area contributed by atoms with Gasteiger partial charge in [0.15, 0.2) is 9.84 Å². The number of aryl methyl sites for hydroxylation is 1. The third-order valence-corrected chi connectivity index (χ3v) is 7.29. The van der Waals surface area contributed by atoms with Crippen LogP contribution >= 0.6 is 11.3 Å². The number of rotatable bonds is 6. The number of likely N-dealkylation sites (tertiary alicyclic amines) is 1. The Hall–Kier alpha value is -2.91. The van der Waals surface area contributed by atoms with Crippen molar-refractivity contribution in [2.24, 2.45) is 0 Å². The molecule has 1 saturated heterocycles. The minimum absolute atomic E-state index is 0.0875. The van der Waals surface area contributed by atoms with Crippen molar-refractivity contribution in [3.8, 4) is 6.07 Å². The molecule has 1 N–H and O–H groups in total. The molecule has 2 heterocycles. The van der Waals surface area contributed by atoms with Gasteiger partial charge in [0.2, 0.25) is 5.91 Å². The maximum Gasteiger partial charge on any atom is 0.271 e. The average molecular weight is 469 g/mol. The van der Waals surface area contributed by atoms with Crippen LogP contribution in [0.2, 0.25) is 0 Å². The van der Waals surface area contributed by atoms with Crippen LogP contribution < -0.4 is 5.32 Å². The first-order valence-electron chi connectivity index (χ1n) is 9.10. The Morgan fingerprint density at radius 3 is 2.68 bits per heavy atom. The first-order valence-corrected chi connectivity index (χ1v) is 11.6. The van der Waals surface area contributed by atoms with E-state index in [1.807, 2.05) is 6.92 Å². The molecule has 0 saturated carbocycles. The fourth-order valence-corrected chi connectivity index (χ4v) is 5.42. The van der Waals surface area contributed by atoms with Gasteiger partial charge in [-0.3, -0.25) is 9.59 Å². The number of halogens is 2. The Bertz CT molecular complexity index is 1140. The molecular weight excluding hydrogens is 450 g/mol. The summed E-state index contributed by atoms with van der Waals surface area (Å²) in [6.45, 7) is 0.377. The Labute approximate surface area is 181 Å². The summed E-state index contributed by atoms with van der Waals surface area (Å²) >= 11 is 0.977. The van der Waals surface area contributed by atoms with E-state index >= 15 is 0 Å². The van der Waals surface area contributed by atoms with E-state index in [-0.39, 0.29) is 21.3 Å². The Morgan fingerprint density at radius 2 is 2.03 bits per heavy atom. The summed E-state index contributed by atoms with van der Waals surface area (Å²) in [6, 6.07) is 6.75. The third-order valence-electron chi connectivity index (χ3n) is 4.62. The van der Waals surface area contributed by atoms with Crippen molar-refractivity contribution in [1.82, 2.24) is 15.2 Å². The zero-order valence-corrected chi connectivity index (χ0v) is 18.0. The number of nitrogens with one attached hydrogen (secondary N) is 1. The van der Waals surface area contributed by atoms with Gasteiger partial charge >= 0.3 is 0 Å². The van der Waals surface area contributed by atoms with Crippen molar-refractivity contribution in [2.45, 2.75) is 36.0 Å². The summed E-state index contributed by atoms with van der Waals surface area (Å²) < 4.78 is 51.9. The van der Waals surface area contributed by atoms with Crippen LogP contribution in [0.15, 0.2) is 34.5 Å². The van der Waals surface area contributed by atoms with Crippen LogP contribution in [0.25, 0.3) is 0 Å². The van der Waals surface area contributed by atoms with Crippen LogP contribution in [0.4, 0.5) is 8.78 Å². The number of carbonyl (C=O) groups is 2. The standard InChI is InChI=1S/C19H18F2N4O4S2/c1-12-2-4-14(5-3-12)31(28,29)10-16-24-15(9-30-16)18(27)23-8-17(26)25-11-19(20,21)6-13(25)7-22/h2-5,9,13H,6,8,10-11H2,1H3,(H,23,27)/t13-/m0/s1. The van der Waals surface area contributed by atoms with Gasteiger partial charge in [-0.05, 0) is 19.1 Å². The number of thiazole rings is 1. The van der Waals surface area contributed by atoms with Gasteiger partial charge in [0.25, 0.3) is 11.8 Å². The number of nitrogens with zero attached hydrogens (tertiary/aromatic N) is 3. The number of carbonyl (C=O) groups excluding carboxylic acids is 2. The van der Waals surface area contributed by atoms with E-state index in [9.17, 15) is 26.8 Å². The predicted octanol–water partition coefficient (Wildman–Crippen LogP) is 1.92. The van der Waals surface area contributed by atoms with Gasteiger partial charge < -0.3 is 10.2 Å². The molecule has 1 atom stereocenters. The Morgan fingerprint density at radius 1 is 1.35 bits per heavy atom. The topological polar surface area (TPSA) is 120 Å². The smallest absolute Gasteiger partial charge is 0.271 e. The second-order valence-corrected chi connectivity index (χ2v) is 10.0. The van der Waals surface area contributed by atoms with Gasteiger partial charge in [-0.25, -0.2) is 22.2 Å². The number of alkyl halides is 2. The summed E-state index contributed by atoms with van der Waals surface area (Å²) in [5.41, 5.74) is 0.830.